The largest absolute Gasteiger partial charge is 0.328 e. The van der Waals surface area contributed by atoms with Gasteiger partial charge in [0.25, 0.3) is 0 Å². The fraction of sp³-hybridized carbons (Fsp3) is 0.588. The van der Waals surface area contributed by atoms with Gasteiger partial charge in [-0.15, -0.1) is 0 Å². The summed E-state index contributed by atoms with van der Waals surface area (Å²) in [7, 11) is -3.48. The molecule has 7 heteroatoms. The quantitative estimate of drug-likeness (QED) is 0.892. The number of nitrogens with two attached hydrogens (primary N) is 1. The first-order valence-electron chi connectivity index (χ1n) is 8.56. The topological polar surface area (TPSA) is 83.7 Å². The van der Waals surface area contributed by atoms with Crippen LogP contribution in [0.25, 0.3) is 0 Å². The lowest BCUT2D eigenvalue weighted by Gasteiger charge is -2.33. The molecule has 3 rings (SSSR count). The molecule has 1 aromatic carbocycles. The number of carbonyl (C=O) groups excluding carboxylic acids is 1. The standard InChI is InChI=1S/C17H25N3O3S/c1-13(18)14-8-11-19(12-9-14)24(22,23)16-6-4-15(5-7-16)20-10-2-3-17(20)21/h4-7,13-14H,2-3,8-12,18H2,1H3. The van der Waals surface area contributed by atoms with E-state index < -0.39 is 10.0 Å². The summed E-state index contributed by atoms with van der Waals surface area (Å²) in [6.45, 7) is 3.71. The number of hydrogen-bond acceptors (Lipinski definition) is 4. The minimum absolute atomic E-state index is 0.101. The van der Waals surface area contributed by atoms with Gasteiger partial charge in [0.2, 0.25) is 15.9 Å². The van der Waals surface area contributed by atoms with Gasteiger partial charge in [-0.2, -0.15) is 4.31 Å². The van der Waals surface area contributed by atoms with E-state index in [0.29, 0.717) is 32.0 Å². The molecule has 2 saturated heterocycles. The molecule has 0 spiro atoms. The number of amides is 1. The van der Waals surface area contributed by atoms with Gasteiger partial charge in [0.15, 0.2) is 0 Å². The van der Waals surface area contributed by atoms with Crippen LogP contribution in [0.5, 0.6) is 0 Å². The summed E-state index contributed by atoms with van der Waals surface area (Å²) >= 11 is 0. The SMILES string of the molecule is CC(N)C1CCN(S(=O)(=O)c2ccc(N3CCCC3=O)cc2)CC1. The van der Waals surface area contributed by atoms with E-state index in [1.165, 1.54) is 0 Å². The normalized spacial score (nSPS) is 22.1. The first kappa shape index (κ1) is 17.4. The van der Waals surface area contributed by atoms with Crippen LogP contribution in [0.15, 0.2) is 29.2 Å². The molecule has 2 fully saturated rings. The average Bonchev–Trinajstić information content (AvgIpc) is 3.01. The smallest absolute Gasteiger partial charge is 0.243 e. The van der Waals surface area contributed by atoms with Gasteiger partial charge >= 0.3 is 0 Å². The summed E-state index contributed by atoms with van der Waals surface area (Å²) in [6, 6.07) is 6.77. The number of sulfonamides is 1. The summed E-state index contributed by atoms with van der Waals surface area (Å²) in [5, 5.41) is 0. The average molecular weight is 351 g/mol. The lowest BCUT2D eigenvalue weighted by molar-refractivity contribution is -0.117. The van der Waals surface area contributed by atoms with Crippen LogP contribution in [0, 0.1) is 5.92 Å². The van der Waals surface area contributed by atoms with Crippen molar-refractivity contribution in [1.29, 1.82) is 0 Å². The van der Waals surface area contributed by atoms with Crippen molar-refractivity contribution in [2.24, 2.45) is 11.7 Å². The number of anilines is 1. The maximum Gasteiger partial charge on any atom is 0.243 e. The van der Waals surface area contributed by atoms with E-state index in [9.17, 15) is 13.2 Å². The van der Waals surface area contributed by atoms with Crippen LogP contribution >= 0.6 is 0 Å². The molecule has 132 valence electrons. The van der Waals surface area contributed by atoms with Gasteiger partial charge in [0.05, 0.1) is 4.90 Å². The Hall–Kier alpha value is -1.44. The molecule has 1 unspecified atom stereocenters. The molecule has 1 aromatic rings. The Labute approximate surface area is 143 Å². The highest BCUT2D eigenvalue weighted by molar-refractivity contribution is 7.89. The van der Waals surface area contributed by atoms with Gasteiger partial charge in [-0.1, -0.05) is 0 Å². The molecule has 1 atom stereocenters. The maximum atomic E-state index is 12.8. The van der Waals surface area contributed by atoms with Crippen LogP contribution in [0.2, 0.25) is 0 Å². The van der Waals surface area contributed by atoms with Crippen molar-refractivity contribution in [3.8, 4) is 0 Å². The molecule has 0 bridgehead atoms. The number of carbonyl (C=O) groups is 1. The molecule has 1 amide bonds. The minimum Gasteiger partial charge on any atom is -0.328 e. The van der Waals surface area contributed by atoms with E-state index in [1.54, 1.807) is 33.5 Å². The lowest BCUT2D eigenvalue weighted by Crippen LogP contribution is -2.42. The highest BCUT2D eigenvalue weighted by Crippen LogP contribution is 2.27. The second kappa shape index (κ2) is 6.82. The minimum atomic E-state index is -3.48. The zero-order chi connectivity index (χ0) is 17.3. The zero-order valence-electron chi connectivity index (χ0n) is 14.0. The molecule has 0 saturated carbocycles. The predicted octanol–water partition coefficient (Wildman–Crippen LogP) is 1.56. The molecular formula is C17H25N3O3S. The van der Waals surface area contributed by atoms with E-state index >= 15 is 0 Å². The van der Waals surface area contributed by atoms with Gasteiger partial charge in [-0.05, 0) is 56.4 Å². The van der Waals surface area contributed by atoms with Crippen molar-refractivity contribution in [3.05, 3.63) is 24.3 Å². The number of nitrogens with zero attached hydrogens (tertiary/aromatic N) is 2. The lowest BCUT2D eigenvalue weighted by atomic mass is 9.92. The van der Waals surface area contributed by atoms with E-state index in [-0.39, 0.29) is 16.8 Å². The summed E-state index contributed by atoms with van der Waals surface area (Å²) in [5.74, 6) is 0.489. The predicted molar refractivity (Wildman–Crippen MR) is 93.2 cm³/mol. The van der Waals surface area contributed by atoms with E-state index in [4.69, 9.17) is 5.73 Å². The molecule has 0 aromatic heterocycles. The highest BCUT2D eigenvalue weighted by atomic mass is 32.2. The molecule has 24 heavy (non-hydrogen) atoms. The van der Waals surface area contributed by atoms with Crippen molar-refractivity contribution in [1.82, 2.24) is 4.31 Å². The number of hydrogen-bond donors (Lipinski definition) is 1. The number of benzene rings is 1. The maximum absolute atomic E-state index is 12.8. The van der Waals surface area contributed by atoms with Crippen LogP contribution in [-0.2, 0) is 14.8 Å². The molecule has 6 nitrogen and oxygen atoms in total. The Morgan fingerprint density at radius 2 is 1.75 bits per heavy atom. The number of rotatable bonds is 4. The molecule has 2 N–H and O–H groups in total. The van der Waals surface area contributed by atoms with Gasteiger partial charge in [0.1, 0.15) is 0 Å². The Morgan fingerprint density at radius 1 is 1.12 bits per heavy atom. The van der Waals surface area contributed by atoms with Crippen LogP contribution in [0.4, 0.5) is 5.69 Å². The summed E-state index contributed by atoms with van der Waals surface area (Å²) in [4.78, 5) is 13.8. The van der Waals surface area contributed by atoms with E-state index in [2.05, 4.69) is 0 Å². The van der Waals surface area contributed by atoms with Crippen molar-refractivity contribution in [3.63, 3.8) is 0 Å². The molecular weight excluding hydrogens is 326 g/mol. The molecule has 2 aliphatic rings. The van der Waals surface area contributed by atoms with Crippen molar-refractivity contribution in [2.45, 2.75) is 43.5 Å². The summed E-state index contributed by atoms with van der Waals surface area (Å²) in [5.41, 5.74) is 6.69. The molecule has 2 heterocycles. The third-order valence-corrected chi connectivity index (χ3v) is 7.01. The summed E-state index contributed by atoms with van der Waals surface area (Å²) < 4.78 is 27.1. The monoisotopic (exact) mass is 351 g/mol. The van der Waals surface area contributed by atoms with Crippen LogP contribution in [0.3, 0.4) is 0 Å². The molecule has 0 radical (unpaired) electrons. The van der Waals surface area contributed by atoms with Gasteiger partial charge in [-0.25, -0.2) is 8.42 Å². The van der Waals surface area contributed by atoms with Crippen LogP contribution < -0.4 is 10.6 Å². The first-order valence-corrected chi connectivity index (χ1v) is 10.00. The number of piperidine rings is 1. The Bertz CT molecular complexity index is 692. The van der Waals surface area contributed by atoms with Gasteiger partial charge < -0.3 is 10.6 Å². The Morgan fingerprint density at radius 3 is 2.25 bits per heavy atom. The fourth-order valence-electron chi connectivity index (χ4n) is 3.51. The van der Waals surface area contributed by atoms with Crippen LogP contribution in [0.1, 0.15) is 32.6 Å². The van der Waals surface area contributed by atoms with E-state index in [1.807, 2.05) is 6.92 Å². The highest BCUT2D eigenvalue weighted by Gasteiger charge is 2.31. The van der Waals surface area contributed by atoms with Crippen molar-refractivity contribution >= 4 is 21.6 Å². The molecule has 2 aliphatic heterocycles. The van der Waals surface area contributed by atoms with Crippen molar-refractivity contribution in [2.75, 3.05) is 24.5 Å². The third-order valence-electron chi connectivity index (χ3n) is 5.10. The Kier molecular flexibility index (Phi) is 4.94. The van der Waals surface area contributed by atoms with Crippen LogP contribution in [-0.4, -0.2) is 44.3 Å². The molecule has 0 aliphatic carbocycles. The fourth-order valence-corrected chi connectivity index (χ4v) is 4.98. The van der Waals surface area contributed by atoms with Gasteiger partial charge in [-0.3, -0.25) is 4.79 Å². The second-order valence-corrected chi connectivity index (χ2v) is 8.68. The second-order valence-electron chi connectivity index (χ2n) is 6.74. The first-order chi connectivity index (χ1) is 11.4. The van der Waals surface area contributed by atoms with Crippen molar-refractivity contribution < 1.29 is 13.2 Å². The Balaban J connectivity index is 1.72. The summed E-state index contributed by atoms with van der Waals surface area (Å²) in [6.07, 6.45) is 3.02. The zero-order valence-corrected chi connectivity index (χ0v) is 14.8. The van der Waals surface area contributed by atoms with E-state index in [0.717, 1.165) is 24.9 Å². The third kappa shape index (κ3) is 3.34. The van der Waals surface area contributed by atoms with Gasteiger partial charge in [0, 0.05) is 37.8 Å².